The lowest BCUT2D eigenvalue weighted by Crippen LogP contribution is -2.41. The minimum atomic E-state index is -1.20. The maximum atomic E-state index is 10.7. The molecule has 0 N–H and O–H groups in total. The lowest BCUT2D eigenvalue weighted by Gasteiger charge is -2.32. The largest absolute Gasteiger partial charge is 0.550 e. The molecular weight excluding hydrogens is 273 g/mol. The van der Waals surface area contributed by atoms with Crippen molar-refractivity contribution in [2.75, 3.05) is 7.11 Å². The molecule has 0 radical (unpaired) electrons. The summed E-state index contributed by atoms with van der Waals surface area (Å²) in [6.45, 7) is 7.84. The topological polar surface area (TPSA) is 80.7 Å². The molecule has 0 spiro atoms. The number of carbonyl (C=O) groups excluding carboxylic acids is 1. The molecule has 21 heavy (non-hydrogen) atoms. The second-order valence-corrected chi connectivity index (χ2v) is 6.05. The Kier molecular flexibility index (Phi) is 3.99. The zero-order chi connectivity index (χ0) is 15.8. The highest BCUT2D eigenvalue weighted by molar-refractivity contribution is 6.62. The van der Waals surface area contributed by atoms with E-state index in [1.165, 1.54) is 7.11 Å². The zero-order valence-electron chi connectivity index (χ0n) is 12.9. The van der Waals surface area contributed by atoms with Gasteiger partial charge in [0, 0.05) is 24.0 Å². The van der Waals surface area contributed by atoms with Gasteiger partial charge in [-0.1, -0.05) is 0 Å². The van der Waals surface area contributed by atoms with Crippen LogP contribution in [0.2, 0.25) is 0 Å². The van der Waals surface area contributed by atoms with Crippen molar-refractivity contribution < 1.29 is 23.9 Å². The van der Waals surface area contributed by atoms with Gasteiger partial charge in [0.15, 0.2) is 0 Å². The van der Waals surface area contributed by atoms with Gasteiger partial charge in [-0.3, -0.25) is 4.98 Å². The van der Waals surface area contributed by atoms with Crippen molar-refractivity contribution in [3.63, 3.8) is 0 Å². The number of carboxylic acid groups (broad SMARTS) is 1. The van der Waals surface area contributed by atoms with Crippen molar-refractivity contribution in [1.82, 2.24) is 4.98 Å². The molecule has 0 aromatic carbocycles. The van der Waals surface area contributed by atoms with Gasteiger partial charge in [-0.05, 0) is 33.8 Å². The molecule has 0 bridgehead atoms. The van der Waals surface area contributed by atoms with Crippen LogP contribution in [-0.4, -0.2) is 36.4 Å². The summed E-state index contributed by atoms with van der Waals surface area (Å²) in [5.74, 6) is -0.824. The fraction of sp³-hybridized carbons (Fsp3) is 0.571. The third-order valence-corrected chi connectivity index (χ3v) is 4.01. The fourth-order valence-electron chi connectivity index (χ4n) is 2.04. The number of carbonyl (C=O) groups is 1. The Morgan fingerprint density at radius 1 is 1.33 bits per heavy atom. The van der Waals surface area contributed by atoms with Gasteiger partial charge >= 0.3 is 7.12 Å². The van der Waals surface area contributed by atoms with E-state index in [4.69, 9.17) is 14.0 Å². The quantitative estimate of drug-likeness (QED) is 0.708. The van der Waals surface area contributed by atoms with Gasteiger partial charge < -0.3 is 23.9 Å². The smallest absolute Gasteiger partial charge is 0.496 e. The van der Waals surface area contributed by atoms with Gasteiger partial charge in [-0.25, -0.2) is 0 Å². The van der Waals surface area contributed by atoms with E-state index in [-0.39, 0.29) is 6.42 Å². The summed E-state index contributed by atoms with van der Waals surface area (Å²) < 4.78 is 17.0. The molecule has 1 aromatic heterocycles. The first-order valence-corrected chi connectivity index (χ1v) is 6.74. The van der Waals surface area contributed by atoms with Crippen molar-refractivity contribution in [1.29, 1.82) is 0 Å². The van der Waals surface area contributed by atoms with Crippen LogP contribution < -0.4 is 15.3 Å². The van der Waals surface area contributed by atoms with Crippen LogP contribution in [0, 0.1) is 0 Å². The molecule has 0 amide bonds. The van der Waals surface area contributed by atoms with Crippen LogP contribution in [0.1, 0.15) is 33.4 Å². The summed E-state index contributed by atoms with van der Waals surface area (Å²) in [7, 11) is 0.900. The third kappa shape index (κ3) is 3.03. The van der Waals surface area contributed by atoms with Crippen molar-refractivity contribution in [3.05, 3.63) is 18.0 Å². The molecule has 2 rings (SSSR count). The summed E-state index contributed by atoms with van der Waals surface area (Å²) in [5.41, 5.74) is 0.105. The molecule has 2 heterocycles. The molecule has 6 nitrogen and oxygen atoms in total. The number of ether oxygens (including phenoxy) is 1. The average molecular weight is 292 g/mol. The second kappa shape index (κ2) is 5.31. The van der Waals surface area contributed by atoms with Crippen LogP contribution in [0.15, 0.2) is 12.3 Å². The van der Waals surface area contributed by atoms with Gasteiger partial charge in [-0.15, -0.1) is 0 Å². The normalized spacial score (nSPS) is 19.6. The van der Waals surface area contributed by atoms with Gasteiger partial charge in [0.05, 0.1) is 24.0 Å². The van der Waals surface area contributed by atoms with Crippen molar-refractivity contribution >= 4 is 18.6 Å². The van der Waals surface area contributed by atoms with E-state index in [0.717, 1.165) is 0 Å². The van der Waals surface area contributed by atoms with E-state index >= 15 is 0 Å². The van der Waals surface area contributed by atoms with E-state index in [2.05, 4.69) is 4.98 Å². The molecule has 0 atom stereocenters. The number of pyridine rings is 1. The Labute approximate surface area is 124 Å². The summed E-state index contributed by atoms with van der Waals surface area (Å²) >= 11 is 0. The molecule has 7 heteroatoms. The summed E-state index contributed by atoms with van der Waals surface area (Å²) in [6, 6.07) is 1.69. The standard InChI is InChI=1S/C14H20BNO5/c1-13(2)14(3,4)21-15(20-13)9-6-11(19-5)10(16-8-9)7-12(17)18/h6,8H,7H2,1-5H3,(H,17,18)/p-1. The van der Waals surface area contributed by atoms with E-state index in [1.807, 2.05) is 27.7 Å². The number of methoxy groups -OCH3 is 1. The average Bonchev–Trinajstić information content (AvgIpc) is 2.58. The number of nitrogens with zero attached hydrogens (tertiary/aromatic N) is 1. The minimum absolute atomic E-state index is 0.299. The Morgan fingerprint density at radius 2 is 1.90 bits per heavy atom. The van der Waals surface area contributed by atoms with Gasteiger partial charge in [0.1, 0.15) is 5.75 Å². The third-order valence-electron chi connectivity index (χ3n) is 4.01. The van der Waals surface area contributed by atoms with Crippen LogP contribution in [-0.2, 0) is 20.5 Å². The molecule has 1 saturated heterocycles. The molecule has 0 aliphatic carbocycles. The maximum Gasteiger partial charge on any atom is 0.496 e. The first-order chi connectivity index (χ1) is 9.66. The molecular formula is C14H19BNO5-. The fourth-order valence-corrected chi connectivity index (χ4v) is 2.04. The number of hydrogen-bond acceptors (Lipinski definition) is 6. The summed E-state index contributed by atoms with van der Waals surface area (Å²) in [5, 5.41) is 10.7. The van der Waals surface area contributed by atoms with Crippen LogP contribution in [0.4, 0.5) is 0 Å². The second-order valence-electron chi connectivity index (χ2n) is 6.05. The predicted molar refractivity (Wildman–Crippen MR) is 75.2 cm³/mol. The summed E-state index contributed by atoms with van der Waals surface area (Å²) in [6.07, 6.45) is 1.25. The van der Waals surface area contributed by atoms with E-state index in [0.29, 0.717) is 16.9 Å². The Morgan fingerprint density at radius 3 is 2.38 bits per heavy atom. The highest BCUT2D eigenvalue weighted by Gasteiger charge is 2.51. The van der Waals surface area contributed by atoms with Crippen molar-refractivity contribution in [2.24, 2.45) is 0 Å². The lowest BCUT2D eigenvalue weighted by atomic mass is 9.80. The molecule has 1 aliphatic heterocycles. The number of aromatic nitrogens is 1. The van der Waals surface area contributed by atoms with Crippen molar-refractivity contribution in [3.8, 4) is 5.75 Å². The molecule has 114 valence electrons. The Bertz CT molecular complexity index is 542. The molecule has 1 aliphatic rings. The van der Waals surface area contributed by atoms with Gasteiger partial charge in [-0.2, -0.15) is 0 Å². The summed E-state index contributed by atoms with van der Waals surface area (Å²) in [4.78, 5) is 14.8. The first-order valence-electron chi connectivity index (χ1n) is 6.74. The monoisotopic (exact) mass is 292 g/mol. The molecule has 0 saturated carbocycles. The number of aliphatic carboxylic acids is 1. The minimum Gasteiger partial charge on any atom is -0.550 e. The van der Waals surface area contributed by atoms with E-state index in [1.54, 1.807) is 12.3 Å². The molecule has 1 aromatic rings. The highest BCUT2D eigenvalue weighted by Crippen LogP contribution is 2.36. The van der Waals surface area contributed by atoms with Gasteiger partial charge in [0.25, 0.3) is 0 Å². The van der Waals surface area contributed by atoms with E-state index < -0.39 is 24.3 Å². The van der Waals surface area contributed by atoms with Crippen LogP contribution in [0.3, 0.4) is 0 Å². The Balaban J connectivity index is 2.28. The highest BCUT2D eigenvalue weighted by atomic mass is 16.7. The first kappa shape index (κ1) is 15.8. The Hall–Kier alpha value is -1.60. The van der Waals surface area contributed by atoms with Crippen LogP contribution in [0.5, 0.6) is 5.75 Å². The van der Waals surface area contributed by atoms with Crippen LogP contribution >= 0.6 is 0 Å². The van der Waals surface area contributed by atoms with E-state index in [9.17, 15) is 9.90 Å². The van der Waals surface area contributed by atoms with Crippen LogP contribution in [0.25, 0.3) is 0 Å². The SMILES string of the molecule is COc1cc(B2OC(C)(C)C(C)(C)O2)cnc1CC(=O)[O-]. The number of carboxylic acids is 1. The zero-order valence-corrected chi connectivity index (χ0v) is 12.9. The van der Waals surface area contributed by atoms with Gasteiger partial charge in [0.2, 0.25) is 0 Å². The maximum absolute atomic E-state index is 10.7. The number of hydrogen-bond donors (Lipinski definition) is 0. The number of rotatable bonds is 4. The predicted octanol–water partition coefficient (Wildman–Crippen LogP) is -0.318. The lowest BCUT2D eigenvalue weighted by molar-refractivity contribution is -0.304. The molecule has 1 fully saturated rings. The molecule has 0 unspecified atom stereocenters. The van der Waals surface area contributed by atoms with Crippen molar-refractivity contribution in [2.45, 2.75) is 45.3 Å².